The summed E-state index contributed by atoms with van der Waals surface area (Å²) < 4.78 is 2.76. The second-order valence-electron chi connectivity index (χ2n) is 21.4. The van der Waals surface area contributed by atoms with Crippen LogP contribution >= 0.6 is 11.3 Å². The first-order valence-electron chi connectivity index (χ1n) is 22.5. The average molecular weight is 821 g/mol. The normalized spacial score (nSPS) is 16.1. The lowest BCUT2D eigenvalue weighted by Gasteiger charge is -2.43. The monoisotopic (exact) mass is 820 g/mol. The molecule has 7 aromatic carbocycles. The standard InChI is InChI=1S/C58H53BN2S/c1-55(2,3)34-22-25-36(26-23-34)61-49-21-15-20-48-52(49)59(54-53(61)42-30-35(56(4,5)6)24-29-51(42)62-54)47-33-46-41(39-17-12-14-19-44(39)58(46,9)10)32-50(47)60(48)37-27-28-45-40(31-37)38-16-11-13-18-43(38)57(45,7)8/h11-33H,1-10H3. The Bertz CT molecular complexity index is 3220. The number of hydrogen-bond donors (Lipinski definition) is 0. The van der Waals surface area contributed by atoms with E-state index in [-0.39, 0.29) is 28.4 Å². The van der Waals surface area contributed by atoms with Gasteiger partial charge in [-0.25, -0.2) is 0 Å². The van der Waals surface area contributed by atoms with Crippen molar-refractivity contribution in [2.75, 3.05) is 9.80 Å². The van der Waals surface area contributed by atoms with Crippen LogP contribution < -0.4 is 25.5 Å². The predicted molar refractivity (Wildman–Crippen MR) is 268 cm³/mol. The van der Waals surface area contributed by atoms with Crippen LogP contribution in [0, 0.1) is 0 Å². The maximum absolute atomic E-state index is 2.62. The maximum atomic E-state index is 2.62. The van der Waals surface area contributed by atoms with Crippen molar-refractivity contribution in [2.45, 2.75) is 90.9 Å². The van der Waals surface area contributed by atoms with E-state index in [1.54, 1.807) is 0 Å². The molecule has 0 N–H and O–H groups in total. The fraction of sp³-hybridized carbons (Fsp3) is 0.241. The van der Waals surface area contributed by atoms with E-state index < -0.39 is 0 Å². The Balaban J connectivity index is 1.18. The average Bonchev–Trinajstić information content (AvgIpc) is 3.82. The Hall–Kier alpha value is -5.84. The molecule has 304 valence electrons. The molecule has 4 heteroatoms. The van der Waals surface area contributed by atoms with Crippen LogP contribution in [0.3, 0.4) is 0 Å². The number of fused-ring (bicyclic) bond motifs is 12. The quantitative estimate of drug-likeness (QED) is 0.160. The molecule has 0 amide bonds. The minimum atomic E-state index is -0.130. The highest BCUT2D eigenvalue weighted by Gasteiger charge is 2.48. The summed E-state index contributed by atoms with van der Waals surface area (Å²) in [6, 6.07) is 54.4. The van der Waals surface area contributed by atoms with Crippen LogP contribution in [0.4, 0.5) is 34.1 Å². The molecule has 8 aromatic rings. The van der Waals surface area contributed by atoms with Crippen molar-refractivity contribution in [1.82, 2.24) is 0 Å². The van der Waals surface area contributed by atoms with Gasteiger partial charge in [0.1, 0.15) is 0 Å². The van der Waals surface area contributed by atoms with Gasteiger partial charge in [-0.3, -0.25) is 0 Å². The molecule has 3 heterocycles. The third-order valence-electron chi connectivity index (χ3n) is 15.0. The van der Waals surface area contributed by atoms with E-state index in [1.165, 1.54) is 116 Å². The molecular formula is C58H53BN2S. The molecule has 2 aliphatic carbocycles. The van der Waals surface area contributed by atoms with Crippen molar-refractivity contribution >= 4 is 78.0 Å². The fourth-order valence-electron chi connectivity index (χ4n) is 11.6. The summed E-state index contributed by atoms with van der Waals surface area (Å²) in [6.07, 6.45) is 0. The van der Waals surface area contributed by atoms with Crippen molar-refractivity contribution in [3.8, 4) is 22.3 Å². The molecular weight excluding hydrogens is 768 g/mol. The number of benzene rings is 7. The van der Waals surface area contributed by atoms with Crippen molar-refractivity contribution in [3.05, 3.63) is 173 Å². The second kappa shape index (κ2) is 12.4. The summed E-state index contributed by atoms with van der Waals surface area (Å²) in [4.78, 5) is 5.23. The lowest BCUT2D eigenvalue weighted by molar-refractivity contribution is 0.590. The molecule has 0 unspecified atom stereocenters. The van der Waals surface area contributed by atoms with Gasteiger partial charge in [-0.1, -0.05) is 154 Å². The van der Waals surface area contributed by atoms with E-state index in [9.17, 15) is 0 Å². The molecule has 0 radical (unpaired) electrons. The molecule has 4 aliphatic rings. The lowest BCUT2D eigenvalue weighted by atomic mass is 9.36. The van der Waals surface area contributed by atoms with E-state index in [4.69, 9.17) is 0 Å². The Morgan fingerprint density at radius 2 is 1.03 bits per heavy atom. The van der Waals surface area contributed by atoms with E-state index in [1.807, 2.05) is 11.3 Å². The molecule has 2 nitrogen and oxygen atoms in total. The minimum absolute atomic E-state index is 0.0204. The fourth-order valence-corrected chi connectivity index (χ4v) is 12.9. The zero-order valence-electron chi connectivity index (χ0n) is 37.7. The van der Waals surface area contributed by atoms with E-state index in [0.29, 0.717) is 0 Å². The largest absolute Gasteiger partial charge is 0.311 e. The van der Waals surface area contributed by atoms with Crippen LogP contribution in [0.2, 0.25) is 0 Å². The lowest BCUT2D eigenvalue weighted by Crippen LogP contribution is -2.60. The van der Waals surface area contributed by atoms with Crippen LogP contribution in [0.1, 0.15) is 103 Å². The molecule has 0 spiro atoms. The first-order valence-corrected chi connectivity index (χ1v) is 23.3. The summed E-state index contributed by atoms with van der Waals surface area (Å²) in [5.41, 5.74) is 23.9. The van der Waals surface area contributed by atoms with Crippen LogP contribution in [-0.4, -0.2) is 6.71 Å². The van der Waals surface area contributed by atoms with E-state index >= 15 is 0 Å². The molecule has 0 atom stereocenters. The minimum Gasteiger partial charge on any atom is -0.311 e. The van der Waals surface area contributed by atoms with Gasteiger partial charge in [0.15, 0.2) is 0 Å². The number of nitrogens with zero attached hydrogens (tertiary/aromatic N) is 2. The molecule has 0 fully saturated rings. The third kappa shape index (κ3) is 5.05. The van der Waals surface area contributed by atoms with Gasteiger partial charge in [0, 0.05) is 54.1 Å². The van der Waals surface area contributed by atoms with Crippen molar-refractivity contribution in [2.24, 2.45) is 0 Å². The molecule has 1 aromatic heterocycles. The van der Waals surface area contributed by atoms with Gasteiger partial charge in [-0.2, -0.15) is 0 Å². The molecule has 62 heavy (non-hydrogen) atoms. The van der Waals surface area contributed by atoms with Crippen LogP contribution in [0.15, 0.2) is 140 Å². The highest BCUT2D eigenvalue weighted by molar-refractivity contribution is 7.33. The Labute approximate surface area is 372 Å². The molecule has 2 aliphatic heterocycles. The first kappa shape index (κ1) is 37.9. The van der Waals surface area contributed by atoms with Crippen LogP contribution in [0.5, 0.6) is 0 Å². The summed E-state index contributed by atoms with van der Waals surface area (Å²) in [5.74, 6) is 0. The van der Waals surface area contributed by atoms with Gasteiger partial charge < -0.3 is 9.80 Å². The van der Waals surface area contributed by atoms with Gasteiger partial charge in [0.2, 0.25) is 0 Å². The van der Waals surface area contributed by atoms with E-state index in [0.717, 1.165) is 0 Å². The van der Waals surface area contributed by atoms with Gasteiger partial charge in [0.05, 0.1) is 5.69 Å². The first-order chi connectivity index (χ1) is 29.5. The Morgan fingerprint density at radius 1 is 0.468 bits per heavy atom. The van der Waals surface area contributed by atoms with Crippen molar-refractivity contribution < 1.29 is 0 Å². The molecule has 0 saturated heterocycles. The predicted octanol–water partition coefficient (Wildman–Crippen LogP) is 14.2. The zero-order valence-corrected chi connectivity index (χ0v) is 38.5. The molecule has 0 bridgehead atoms. The van der Waals surface area contributed by atoms with Crippen LogP contribution in [-0.2, 0) is 21.7 Å². The number of rotatable bonds is 2. The molecule has 0 saturated carbocycles. The van der Waals surface area contributed by atoms with Crippen molar-refractivity contribution in [3.63, 3.8) is 0 Å². The summed E-state index contributed by atoms with van der Waals surface area (Å²) in [7, 11) is 0. The summed E-state index contributed by atoms with van der Waals surface area (Å²) in [5, 5.41) is 1.34. The van der Waals surface area contributed by atoms with Gasteiger partial charge in [-0.05, 0) is 132 Å². The highest BCUT2D eigenvalue weighted by atomic mass is 32.1. The smallest absolute Gasteiger partial charge is 0.264 e. The Kier molecular flexibility index (Phi) is 7.59. The van der Waals surface area contributed by atoms with Gasteiger partial charge >= 0.3 is 0 Å². The second-order valence-corrected chi connectivity index (χ2v) is 22.5. The number of thiophene rings is 1. The van der Waals surface area contributed by atoms with Crippen molar-refractivity contribution in [1.29, 1.82) is 0 Å². The summed E-state index contributed by atoms with van der Waals surface area (Å²) >= 11 is 1.99. The van der Waals surface area contributed by atoms with Gasteiger partial charge in [0.25, 0.3) is 6.71 Å². The topological polar surface area (TPSA) is 6.48 Å². The summed E-state index contributed by atoms with van der Waals surface area (Å²) in [6.45, 7) is 23.6. The van der Waals surface area contributed by atoms with Crippen LogP contribution in [0.25, 0.3) is 32.3 Å². The SMILES string of the molecule is CC(C)(C)c1ccc(N2c3cccc4c3B(c3cc5c(cc3N4c3ccc4c(c3)-c3ccccc3C4(C)C)-c3ccccc3C5(C)C)c3sc4ccc(C(C)(C)C)cc4c32)cc1. The third-order valence-corrected chi connectivity index (χ3v) is 16.2. The number of hydrogen-bond acceptors (Lipinski definition) is 3. The van der Waals surface area contributed by atoms with E-state index in [2.05, 4.69) is 219 Å². The number of anilines is 6. The van der Waals surface area contributed by atoms with Gasteiger partial charge in [-0.15, -0.1) is 11.3 Å². The highest BCUT2D eigenvalue weighted by Crippen LogP contribution is 2.55. The molecule has 12 rings (SSSR count). The maximum Gasteiger partial charge on any atom is 0.264 e. The zero-order chi connectivity index (χ0) is 42.8. The Morgan fingerprint density at radius 3 is 1.69 bits per heavy atom.